The maximum atomic E-state index is 11.8. The van der Waals surface area contributed by atoms with Gasteiger partial charge in [-0.2, -0.15) is 0 Å². The number of nitrogens with one attached hydrogen (secondary N) is 2. The lowest BCUT2D eigenvalue weighted by Gasteiger charge is -2.38. The average molecular weight is 296 g/mol. The van der Waals surface area contributed by atoms with Gasteiger partial charge in [0.1, 0.15) is 5.60 Å². The van der Waals surface area contributed by atoms with Crippen LogP contribution < -0.4 is 10.6 Å². The first kappa shape index (κ1) is 16.6. The van der Waals surface area contributed by atoms with Crippen molar-refractivity contribution in [2.75, 3.05) is 6.54 Å². The Bertz CT molecular complexity index is 339. The smallest absolute Gasteiger partial charge is 0.407 e. The second-order valence-corrected chi connectivity index (χ2v) is 7.97. The van der Waals surface area contributed by atoms with Gasteiger partial charge in [0.05, 0.1) is 0 Å². The Hall–Kier alpha value is -0.770. The Labute approximate surface area is 129 Å². The standard InChI is InChI=1S/C17H32N2O2/c1-12-9-14(10-12)19-15(13-7-5-6-8-13)11-18-16(20)21-17(2,3)4/h12-15,19H,5-11H2,1-4H3,(H,18,20). The molecule has 0 aromatic carbocycles. The summed E-state index contributed by atoms with van der Waals surface area (Å²) < 4.78 is 5.34. The van der Waals surface area contributed by atoms with Gasteiger partial charge in [0.25, 0.3) is 0 Å². The van der Waals surface area contributed by atoms with E-state index in [4.69, 9.17) is 4.74 Å². The van der Waals surface area contributed by atoms with Crippen LogP contribution in [0.15, 0.2) is 0 Å². The van der Waals surface area contributed by atoms with Crippen molar-refractivity contribution in [3.05, 3.63) is 0 Å². The third-order valence-electron chi connectivity index (χ3n) is 4.66. The molecule has 0 aliphatic heterocycles. The largest absolute Gasteiger partial charge is 0.444 e. The van der Waals surface area contributed by atoms with Crippen molar-refractivity contribution in [2.24, 2.45) is 11.8 Å². The summed E-state index contributed by atoms with van der Waals surface area (Å²) in [5.74, 6) is 1.56. The molecule has 21 heavy (non-hydrogen) atoms. The fraction of sp³-hybridized carbons (Fsp3) is 0.941. The Balaban J connectivity index is 1.79. The minimum absolute atomic E-state index is 0.297. The first-order chi connectivity index (χ1) is 9.83. The van der Waals surface area contributed by atoms with Crippen LogP contribution in [0.5, 0.6) is 0 Å². The predicted molar refractivity (Wildman–Crippen MR) is 85.3 cm³/mol. The van der Waals surface area contributed by atoms with Crippen molar-refractivity contribution in [1.29, 1.82) is 0 Å². The normalized spacial score (nSPS) is 28.0. The quantitative estimate of drug-likeness (QED) is 0.817. The Morgan fingerprint density at radius 2 is 1.86 bits per heavy atom. The van der Waals surface area contributed by atoms with Crippen molar-refractivity contribution in [2.45, 2.75) is 83.9 Å². The zero-order chi connectivity index (χ0) is 15.5. The summed E-state index contributed by atoms with van der Waals surface area (Å²) >= 11 is 0. The van der Waals surface area contributed by atoms with Crippen LogP contribution in [0.1, 0.15) is 66.2 Å². The van der Waals surface area contributed by atoms with Crippen LogP contribution in [0, 0.1) is 11.8 Å². The third kappa shape index (κ3) is 5.50. The molecule has 1 amide bonds. The number of carbonyl (C=O) groups is 1. The first-order valence-electron chi connectivity index (χ1n) is 8.56. The van der Waals surface area contributed by atoms with Gasteiger partial charge < -0.3 is 15.4 Å². The summed E-state index contributed by atoms with van der Waals surface area (Å²) in [5, 5.41) is 6.73. The van der Waals surface area contributed by atoms with Gasteiger partial charge in [-0.25, -0.2) is 4.79 Å². The molecule has 122 valence electrons. The van der Waals surface area contributed by atoms with Crippen molar-refractivity contribution in [3.8, 4) is 0 Å². The molecule has 1 unspecified atom stereocenters. The second-order valence-electron chi connectivity index (χ2n) is 7.97. The van der Waals surface area contributed by atoms with E-state index >= 15 is 0 Å². The number of alkyl carbamates (subject to hydrolysis) is 1. The Morgan fingerprint density at radius 1 is 1.24 bits per heavy atom. The van der Waals surface area contributed by atoms with Crippen molar-refractivity contribution in [3.63, 3.8) is 0 Å². The number of rotatable bonds is 5. The maximum absolute atomic E-state index is 11.8. The van der Waals surface area contributed by atoms with Crippen LogP contribution in [-0.2, 0) is 4.74 Å². The van der Waals surface area contributed by atoms with Gasteiger partial charge in [0.2, 0.25) is 0 Å². The molecule has 4 nitrogen and oxygen atoms in total. The Kier molecular flexibility index (Phi) is 5.53. The molecule has 2 aliphatic carbocycles. The molecule has 4 heteroatoms. The second kappa shape index (κ2) is 6.99. The van der Waals surface area contributed by atoms with Gasteiger partial charge in [-0.3, -0.25) is 0 Å². The molecule has 2 fully saturated rings. The summed E-state index contributed by atoms with van der Waals surface area (Å²) in [5.41, 5.74) is -0.427. The molecule has 2 saturated carbocycles. The van der Waals surface area contributed by atoms with Crippen molar-refractivity contribution < 1.29 is 9.53 Å². The molecular formula is C17H32N2O2. The minimum Gasteiger partial charge on any atom is -0.444 e. The number of carbonyl (C=O) groups excluding carboxylic acids is 1. The fourth-order valence-corrected chi connectivity index (χ4v) is 3.57. The lowest BCUT2D eigenvalue weighted by Crippen LogP contribution is -2.53. The molecule has 0 saturated heterocycles. The number of ether oxygens (including phenoxy) is 1. The molecule has 0 aromatic rings. The average Bonchev–Trinajstić information content (AvgIpc) is 2.83. The highest BCUT2D eigenvalue weighted by Gasteiger charge is 2.32. The molecule has 0 aromatic heterocycles. The summed E-state index contributed by atoms with van der Waals surface area (Å²) in [6.45, 7) is 8.69. The molecule has 2 N–H and O–H groups in total. The molecule has 0 spiro atoms. The van der Waals surface area contributed by atoms with Crippen LogP contribution >= 0.6 is 0 Å². The minimum atomic E-state index is -0.427. The first-order valence-corrected chi connectivity index (χ1v) is 8.56. The van der Waals surface area contributed by atoms with E-state index in [1.54, 1.807) is 0 Å². The highest BCUT2D eigenvalue weighted by molar-refractivity contribution is 5.67. The summed E-state index contributed by atoms with van der Waals surface area (Å²) in [4.78, 5) is 11.8. The van der Waals surface area contributed by atoms with E-state index in [0.717, 1.165) is 5.92 Å². The van der Waals surface area contributed by atoms with Crippen molar-refractivity contribution in [1.82, 2.24) is 10.6 Å². The van der Waals surface area contributed by atoms with Crippen LogP contribution in [0.25, 0.3) is 0 Å². The van der Waals surface area contributed by atoms with E-state index in [0.29, 0.717) is 24.5 Å². The zero-order valence-corrected chi connectivity index (χ0v) is 14.1. The van der Waals surface area contributed by atoms with E-state index < -0.39 is 5.60 Å². The van der Waals surface area contributed by atoms with E-state index in [1.165, 1.54) is 38.5 Å². The SMILES string of the molecule is CC1CC(NC(CNC(=O)OC(C)(C)C)C2CCCC2)C1. The van der Waals surface area contributed by atoms with Crippen molar-refractivity contribution >= 4 is 6.09 Å². The summed E-state index contributed by atoms with van der Waals surface area (Å²) in [7, 11) is 0. The van der Waals surface area contributed by atoms with E-state index in [1.807, 2.05) is 20.8 Å². The van der Waals surface area contributed by atoms with Gasteiger partial charge in [-0.05, 0) is 58.3 Å². The fourth-order valence-electron chi connectivity index (χ4n) is 3.57. The molecule has 1 atom stereocenters. The molecule has 2 rings (SSSR count). The van der Waals surface area contributed by atoms with E-state index in [9.17, 15) is 4.79 Å². The van der Waals surface area contributed by atoms with Gasteiger partial charge in [0, 0.05) is 18.6 Å². The van der Waals surface area contributed by atoms with Crippen LogP contribution in [0.4, 0.5) is 4.79 Å². The summed E-state index contributed by atoms with van der Waals surface area (Å²) in [6, 6.07) is 1.04. The Morgan fingerprint density at radius 3 is 2.38 bits per heavy atom. The predicted octanol–water partition coefficient (Wildman–Crippen LogP) is 3.46. The molecular weight excluding hydrogens is 264 g/mol. The number of hydrogen-bond donors (Lipinski definition) is 2. The van der Waals surface area contributed by atoms with Gasteiger partial charge in [0.15, 0.2) is 0 Å². The highest BCUT2D eigenvalue weighted by atomic mass is 16.6. The maximum Gasteiger partial charge on any atom is 0.407 e. The lowest BCUT2D eigenvalue weighted by atomic mass is 9.80. The number of amides is 1. The van der Waals surface area contributed by atoms with Crippen LogP contribution in [0.2, 0.25) is 0 Å². The van der Waals surface area contributed by atoms with E-state index in [2.05, 4.69) is 17.6 Å². The van der Waals surface area contributed by atoms with Gasteiger partial charge in [-0.15, -0.1) is 0 Å². The summed E-state index contributed by atoms with van der Waals surface area (Å²) in [6.07, 6.45) is 7.48. The monoisotopic (exact) mass is 296 g/mol. The topological polar surface area (TPSA) is 50.4 Å². The molecule has 2 aliphatic rings. The van der Waals surface area contributed by atoms with Crippen LogP contribution in [-0.4, -0.2) is 30.3 Å². The zero-order valence-electron chi connectivity index (χ0n) is 14.1. The van der Waals surface area contributed by atoms with Gasteiger partial charge in [-0.1, -0.05) is 19.8 Å². The molecule has 0 radical (unpaired) electrons. The lowest BCUT2D eigenvalue weighted by molar-refractivity contribution is 0.0513. The van der Waals surface area contributed by atoms with E-state index in [-0.39, 0.29) is 6.09 Å². The number of hydrogen-bond acceptors (Lipinski definition) is 3. The van der Waals surface area contributed by atoms with Gasteiger partial charge >= 0.3 is 6.09 Å². The highest BCUT2D eigenvalue weighted by Crippen LogP contribution is 2.31. The third-order valence-corrected chi connectivity index (χ3v) is 4.66. The molecule has 0 heterocycles. The molecule has 0 bridgehead atoms. The van der Waals surface area contributed by atoms with Crippen LogP contribution in [0.3, 0.4) is 0 Å².